The number of hydrogen-bond donors (Lipinski definition) is 1. The zero-order valence-electron chi connectivity index (χ0n) is 7.66. The third kappa shape index (κ3) is 1.91. The number of pyridine rings is 1. The minimum atomic E-state index is -2.97. The number of nitriles is 1. The topological polar surface area (TPSA) is 74.0 Å². The van der Waals surface area contributed by atoms with Gasteiger partial charge in [-0.1, -0.05) is 0 Å². The summed E-state index contributed by atoms with van der Waals surface area (Å²) in [5, 5.41) is 17.3. The zero-order valence-corrected chi connectivity index (χ0v) is 7.66. The number of aromatic carboxylic acids is 1. The van der Waals surface area contributed by atoms with Gasteiger partial charge in [0.1, 0.15) is 11.8 Å². The fraction of sp³-hybridized carbons (Fsp3) is 0.222. The maximum atomic E-state index is 12.4. The summed E-state index contributed by atoms with van der Waals surface area (Å²) in [5.41, 5.74) is -1.41. The molecule has 0 radical (unpaired) electrons. The largest absolute Gasteiger partial charge is 0.478 e. The molecule has 1 rings (SSSR count). The summed E-state index contributed by atoms with van der Waals surface area (Å²) in [6.45, 7) is 1.30. The van der Waals surface area contributed by atoms with E-state index in [1.807, 2.05) is 0 Å². The zero-order chi connectivity index (χ0) is 11.6. The van der Waals surface area contributed by atoms with Crippen LogP contribution in [0.4, 0.5) is 8.78 Å². The summed E-state index contributed by atoms with van der Waals surface area (Å²) in [5.74, 6) is -1.51. The van der Waals surface area contributed by atoms with Crippen LogP contribution in [-0.2, 0) is 0 Å². The first-order chi connectivity index (χ1) is 6.99. The predicted molar refractivity (Wildman–Crippen MR) is 45.6 cm³/mol. The molecule has 0 unspecified atom stereocenters. The van der Waals surface area contributed by atoms with E-state index in [1.165, 1.54) is 6.92 Å². The van der Waals surface area contributed by atoms with E-state index in [-0.39, 0.29) is 11.1 Å². The highest BCUT2D eigenvalue weighted by atomic mass is 19.3. The van der Waals surface area contributed by atoms with Crippen molar-refractivity contribution in [2.75, 3.05) is 0 Å². The second-order valence-corrected chi connectivity index (χ2v) is 2.77. The van der Waals surface area contributed by atoms with Crippen LogP contribution in [-0.4, -0.2) is 16.1 Å². The van der Waals surface area contributed by atoms with Gasteiger partial charge in [0, 0.05) is 6.20 Å². The summed E-state index contributed by atoms with van der Waals surface area (Å²) in [4.78, 5) is 14.0. The first-order valence-electron chi connectivity index (χ1n) is 3.90. The highest BCUT2D eigenvalue weighted by molar-refractivity contribution is 5.91. The van der Waals surface area contributed by atoms with Crippen LogP contribution in [0.2, 0.25) is 0 Å². The maximum absolute atomic E-state index is 12.4. The summed E-state index contributed by atoms with van der Waals surface area (Å²) in [6.07, 6.45) is -2.02. The van der Waals surface area contributed by atoms with Gasteiger partial charge in [-0.25, -0.2) is 13.6 Å². The molecule has 0 atom stereocenters. The van der Waals surface area contributed by atoms with E-state index in [0.717, 1.165) is 6.20 Å². The van der Waals surface area contributed by atoms with Gasteiger partial charge in [-0.2, -0.15) is 5.26 Å². The standard InChI is InChI=1S/C9H6F2N2O2/c1-4-5(2-12)3-13-7(8(10)11)6(4)9(14)15/h3,8H,1H3,(H,14,15). The van der Waals surface area contributed by atoms with E-state index in [2.05, 4.69) is 4.98 Å². The van der Waals surface area contributed by atoms with E-state index in [1.54, 1.807) is 6.07 Å². The van der Waals surface area contributed by atoms with Crippen molar-refractivity contribution in [3.05, 3.63) is 28.6 Å². The number of hydrogen-bond acceptors (Lipinski definition) is 3. The molecule has 1 N–H and O–H groups in total. The molecule has 0 saturated heterocycles. The van der Waals surface area contributed by atoms with E-state index in [4.69, 9.17) is 10.4 Å². The van der Waals surface area contributed by atoms with Crippen LogP contribution in [0.1, 0.15) is 33.6 Å². The van der Waals surface area contributed by atoms with Gasteiger partial charge in [0.15, 0.2) is 0 Å². The van der Waals surface area contributed by atoms with Crippen molar-refractivity contribution >= 4 is 5.97 Å². The van der Waals surface area contributed by atoms with Crippen molar-refractivity contribution in [2.45, 2.75) is 13.3 Å². The van der Waals surface area contributed by atoms with Crippen molar-refractivity contribution < 1.29 is 18.7 Å². The lowest BCUT2D eigenvalue weighted by Crippen LogP contribution is -2.09. The Kier molecular flexibility index (Phi) is 2.95. The Hall–Kier alpha value is -2.03. The van der Waals surface area contributed by atoms with Crippen LogP contribution in [0.15, 0.2) is 6.20 Å². The van der Waals surface area contributed by atoms with E-state index in [9.17, 15) is 13.6 Å². The van der Waals surface area contributed by atoms with Gasteiger partial charge in [0.2, 0.25) is 0 Å². The van der Waals surface area contributed by atoms with Crippen LogP contribution in [0.5, 0.6) is 0 Å². The van der Waals surface area contributed by atoms with Crippen molar-refractivity contribution in [1.29, 1.82) is 5.26 Å². The maximum Gasteiger partial charge on any atom is 0.338 e. The van der Waals surface area contributed by atoms with Gasteiger partial charge in [0.25, 0.3) is 6.43 Å². The van der Waals surface area contributed by atoms with E-state index < -0.39 is 23.7 Å². The van der Waals surface area contributed by atoms with Crippen LogP contribution in [0, 0.1) is 18.3 Å². The minimum absolute atomic E-state index is 0.00954. The quantitative estimate of drug-likeness (QED) is 0.812. The summed E-state index contributed by atoms with van der Waals surface area (Å²) in [7, 11) is 0. The molecule has 6 heteroatoms. The fourth-order valence-electron chi connectivity index (χ4n) is 1.17. The van der Waals surface area contributed by atoms with Gasteiger partial charge in [-0.3, -0.25) is 4.98 Å². The molecule has 0 aliphatic heterocycles. The first-order valence-corrected chi connectivity index (χ1v) is 3.90. The summed E-state index contributed by atoms with van der Waals surface area (Å²) in [6, 6.07) is 1.69. The molecule has 0 bridgehead atoms. The Morgan fingerprint density at radius 1 is 1.67 bits per heavy atom. The lowest BCUT2D eigenvalue weighted by Gasteiger charge is -2.07. The van der Waals surface area contributed by atoms with Gasteiger partial charge < -0.3 is 5.11 Å². The molecule has 0 saturated carbocycles. The van der Waals surface area contributed by atoms with Gasteiger partial charge in [-0.05, 0) is 12.5 Å². The summed E-state index contributed by atoms with van der Waals surface area (Å²) < 4.78 is 24.8. The van der Waals surface area contributed by atoms with E-state index >= 15 is 0 Å². The molecule has 1 heterocycles. The number of carbonyl (C=O) groups is 1. The number of carboxylic acid groups (broad SMARTS) is 1. The van der Waals surface area contributed by atoms with Crippen LogP contribution in [0.3, 0.4) is 0 Å². The molecule has 1 aromatic rings. The van der Waals surface area contributed by atoms with Gasteiger partial charge in [0.05, 0.1) is 11.1 Å². The molecule has 0 aliphatic carbocycles. The Labute approximate surface area is 83.8 Å². The fourth-order valence-corrected chi connectivity index (χ4v) is 1.17. The molecule has 0 amide bonds. The van der Waals surface area contributed by atoms with E-state index in [0.29, 0.717) is 0 Å². The molecular formula is C9H6F2N2O2. The number of aromatic nitrogens is 1. The lowest BCUT2D eigenvalue weighted by atomic mass is 10.0. The number of alkyl halides is 2. The molecule has 4 nitrogen and oxygen atoms in total. The van der Waals surface area contributed by atoms with Crippen molar-refractivity contribution in [3.63, 3.8) is 0 Å². The van der Waals surface area contributed by atoms with Crippen molar-refractivity contribution in [1.82, 2.24) is 4.98 Å². The third-order valence-electron chi connectivity index (χ3n) is 1.91. The average molecular weight is 212 g/mol. The minimum Gasteiger partial charge on any atom is -0.478 e. The van der Waals surface area contributed by atoms with Crippen LogP contribution >= 0.6 is 0 Å². The average Bonchev–Trinajstić information content (AvgIpc) is 2.16. The number of rotatable bonds is 2. The SMILES string of the molecule is Cc1c(C#N)cnc(C(F)F)c1C(=O)O. The third-order valence-corrected chi connectivity index (χ3v) is 1.91. The Morgan fingerprint density at radius 2 is 2.27 bits per heavy atom. The smallest absolute Gasteiger partial charge is 0.338 e. The Balaban J connectivity index is 3.53. The second-order valence-electron chi connectivity index (χ2n) is 2.77. The highest BCUT2D eigenvalue weighted by Crippen LogP contribution is 2.24. The Bertz CT molecular complexity index is 452. The summed E-state index contributed by atoms with van der Waals surface area (Å²) >= 11 is 0. The monoisotopic (exact) mass is 212 g/mol. The number of halogens is 2. The van der Waals surface area contributed by atoms with Crippen molar-refractivity contribution in [2.24, 2.45) is 0 Å². The first kappa shape index (κ1) is 11.0. The van der Waals surface area contributed by atoms with Crippen LogP contribution < -0.4 is 0 Å². The molecular weight excluding hydrogens is 206 g/mol. The molecule has 0 fully saturated rings. The lowest BCUT2D eigenvalue weighted by molar-refractivity contribution is 0.0681. The number of nitrogens with zero attached hydrogens (tertiary/aromatic N) is 2. The van der Waals surface area contributed by atoms with Gasteiger partial charge in [-0.15, -0.1) is 0 Å². The molecule has 15 heavy (non-hydrogen) atoms. The van der Waals surface area contributed by atoms with Crippen LogP contribution in [0.25, 0.3) is 0 Å². The highest BCUT2D eigenvalue weighted by Gasteiger charge is 2.23. The number of carboxylic acids is 1. The normalized spacial score (nSPS) is 10.1. The molecule has 0 spiro atoms. The second kappa shape index (κ2) is 4.00. The molecule has 0 aliphatic rings. The van der Waals surface area contributed by atoms with Crippen molar-refractivity contribution in [3.8, 4) is 6.07 Å². The van der Waals surface area contributed by atoms with Gasteiger partial charge >= 0.3 is 5.97 Å². The molecule has 1 aromatic heterocycles. The Morgan fingerprint density at radius 3 is 2.67 bits per heavy atom. The molecule has 78 valence electrons. The molecule has 0 aromatic carbocycles. The predicted octanol–water partition coefficient (Wildman–Crippen LogP) is 1.90.